The molecule has 7 nitrogen and oxygen atoms in total. The zero-order valence-electron chi connectivity index (χ0n) is 14.7. The van der Waals surface area contributed by atoms with Crippen LogP contribution < -0.4 is 4.74 Å². The lowest BCUT2D eigenvalue weighted by Gasteiger charge is -2.26. The number of carbonyl (C=O) groups excluding carboxylic acids is 3. The van der Waals surface area contributed by atoms with Gasteiger partial charge < -0.3 is 18.9 Å². The van der Waals surface area contributed by atoms with Crippen molar-refractivity contribution < 1.29 is 33.3 Å². The number of hydrogen-bond donors (Lipinski definition) is 0. The molecular formula is C18H22O7. The van der Waals surface area contributed by atoms with Gasteiger partial charge >= 0.3 is 17.9 Å². The lowest BCUT2D eigenvalue weighted by molar-refractivity contribution is -0.176. The van der Waals surface area contributed by atoms with Crippen molar-refractivity contribution in [2.24, 2.45) is 0 Å². The molecule has 0 spiro atoms. The average Bonchev–Trinajstić information content (AvgIpc) is 2.60. The van der Waals surface area contributed by atoms with E-state index < -0.39 is 23.5 Å². The Morgan fingerprint density at radius 2 is 1.68 bits per heavy atom. The van der Waals surface area contributed by atoms with Crippen LogP contribution in [0, 0.1) is 0 Å². The zero-order chi connectivity index (χ0) is 18.9. The maximum absolute atomic E-state index is 12.2. The molecule has 0 bridgehead atoms. The fourth-order valence-corrected chi connectivity index (χ4v) is 1.91. The first-order chi connectivity index (χ1) is 11.9. The van der Waals surface area contributed by atoms with E-state index in [1.807, 2.05) is 0 Å². The molecule has 1 atom stereocenters. The second kappa shape index (κ2) is 9.46. The number of methoxy groups -OCH3 is 1. The summed E-state index contributed by atoms with van der Waals surface area (Å²) < 4.78 is 20.0. The summed E-state index contributed by atoms with van der Waals surface area (Å²) in [5, 5.41) is 0. The molecule has 0 saturated carbocycles. The van der Waals surface area contributed by atoms with Crippen molar-refractivity contribution in [2.75, 3.05) is 20.3 Å². The molecule has 0 aliphatic rings. The summed E-state index contributed by atoms with van der Waals surface area (Å²) in [5.41, 5.74) is -1.49. The number of hydrogen-bond acceptors (Lipinski definition) is 7. The third kappa shape index (κ3) is 5.34. The minimum Gasteiger partial charge on any atom is -0.466 e. The fourth-order valence-electron chi connectivity index (χ4n) is 1.91. The molecule has 1 unspecified atom stereocenters. The second-order valence-electron chi connectivity index (χ2n) is 4.97. The minimum absolute atomic E-state index is 0.0825. The highest BCUT2D eigenvalue weighted by Crippen LogP contribution is 2.26. The Morgan fingerprint density at radius 3 is 2.28 bits per heavy atom. The Balaban J connectivity index is 3.16. The minimum atomic E-state index is -1.97. The Labute approximate surface area is 146 Å². The molecule has 0 radical (unpaired) electrons. The van der Waals surface area contributed by atoms with Crippen LogP contribution in [0.25, 0.3) is 6.08 Å². The monoisotopic (exact) mass is 350 g/mol. The van der Waals surface area contributed by atoms with Crippen LogP contribution in [-0.2, 0) is 28.6 Å². The predicted molar refractivity (Wildman–Crippen MR) is 89.8 cm³/mol. The largest absolute Gasteiger partial charge is 0.466 e. The molecule has 0 N–H and O–H groups in total. The Morgan fingerprint density at radius 1 is 1.04 bits per heavy atom. The summed E-state index contributed by atoms with van der Waals surface area (Å²) in [6.07, 6.45) is 2.70. The summed E-state index contributed by atoms with van der Waals surface area (Å²) in [5.74, 6) is -2.07. The maximum Gasteiger partial charge on any atom is 0.362 e. The molecule has 0 saturated heterocycles. The van der Waals surface area contributed by atoms with E-state index in [1.165, 1.54) is 19.1 Å². The molecular weight excluding hydrogens is 328 g/mol. The van der Waals surface area contributed by atoms with Crippen molar-refractivity contribution in [1.82, 2.24) is 0 Å². The SMILES string of the molecule is CCOC(=O)/C=C/c1ccccc1OC(C)(C(=O)OC)C(=O)OCC. The highest BCUT2D eigenvalue weighted by Gasteiger charge is 2.47. The number of carbonyl (C=O) groups is 3. The highest BCUT2D eigenvalue weighted by atomic mass is 16.6. The van der Waals surface area contributed by atoms with Gasteiger partial charge in [0.15, 0.2) is 0 Å². The van der Waals surface area contributed by atoms with E-state index in [4.69, 9.17) is 14.2 Å². The molecule has 0 heterocycles. The van der Waals surface area contributed by atoms with E-state index >= 15 is 0 Å². The predicted octanol–water partition coefficient (Wildman–Crippen LogP) is 2.14. The number of ether oxygens (including phenoxy) is 4. The van der Waals surface area contributed by atoms with Gasteiger partial charge in [0.2, 0.25) is 0 Å². The zero-order valence-corrected chi connectivity index (χ0v) is 14.7. The van der Waals surface area contributed by atoms with Crippen molar-refractivity contribution in [3.63, 3.8) is 0 Å². The van der Waals surface area contributed by atoms with Gasteiger partial charge in [-0.05, 0) is 32.9 Å². The molecule has 0 fully saturated rings. The fraction of sp³-hybridized carbons (Fsp3) is 0.389. The number of benzene rings is 1. The maximum atomic E-state index is 12.2. The molecule has 136 valence electrons. The van der Waals surface area contributed by atoms with E-state index in [-0.39, 0.29) is 19.0 Å². The van der Waals surface area contributed by atoms with Gasteiger partial charge in [-0.1, -0.05) is 18.2 Å². The summed E-state index contributed by atoms with van der Waals surface area (Å²) in [6.45, 7) is 4.92. The van der Waals surface area contributed by atoms with E-state index in [9.17, 15) is 14.4 Å². The van der Waals surface area contributed by atoms with Crippen molar-refractivity contribution in [2.45, 2.75) is 26.4 Å². The Hall–Kier alpha value is -2.83. The molecule has 0 aliphatic heterocycles. The van der Waals surface area contributed by atoms with E-state index in [2.05, 4.69) is 4.74 Å². The Bertz CT molecular complexity index is 651. The van der Waals surface area contributed by atoms with Crippen LogP contribution in [0.3, 0.4) is 0 Å². The molecule has 0 amide bonds. The molecule has 7 heteroatoms. The molecule has 25 heavy (non-hydrogen) atoms. The molecule has 0 aliphatic carbocycles. The first kappa shape index (κ1) is 20.2. The van der Waals surface area contributed by atoms with Crippen molar-refractivity contribution in [3.05, 3.63) is 35.9 Å². The van der Waals surface area contributed by atoms with Crippen LogP contribution in [-0.4, -0.2) is 43.8 Å². The molecule has 1 aromatic rings. The van der Waals surface area contributed by atoms with Crippen molar-refractivity contribution in [3.8, 4) is 5.75 Å². The van der Waals surface area contributed by atoms with Gasteiger partial charge in [-0.2, -0.15) is 0 Å². The molecule has 0 aromatic heterocycles. The quantitative estimate of drug-likeness (QED) is 0.307. The third-order valence-corrected chi connectivity index (χ3v) is 3.16. The van der Waals surface area contributed by atoms with E-state index in [0.717, 1.165) is 7.11 Å². The number of para-hydroxylation sites is 1. The van der Waals surface area contributed by atoms with Gasteiger partial charge in [0.1, 0.15) is 5.75 Å². The van der Waals surface area contributed by atoms with Gasteiger partial charge in [-0.3, -0.25) is 0 Å². The molecule has 1 aromatic carbocycles. The van der Waals surface area contributed by atoms with Crippen LogP contribution in [0.5, 0.6) is 5.75 Å². The van der Waals surface area contributed by atoms with Crippen molar-refractivity contribution >= 4 is 24.0 Å². The Kier molecular flexibility index (Phi) is 7.65. The topological polar surface area (TPSA) is 88.1 Å². The van der Waals surface area contributed by atoms with Crippen LogP contribution in [0.2, 0.25) is 0 Å². The van der Waals surface area contributed by atoms with Gasteiger partial charge in [0.25, 0.3) is 5.60 Å². The van der Waals surface area contributed by atoms with E-state index in [1.54, 1.807) is 38.1 Å². The van der Waals surface area contributed by atoms with Gasteiger partial charge in [-0.15, -0.1) is 0 Å². The van der Waals surface area contributed by atoms with Crippen LogP contribution in [0.15, 0.2) is 30.3 Å². The second-order valence-corrected chi connectivity index (χ2v) is 4.97. The lowest BCUT2D eigenvalue weighted by Crippen LogP contribution is -2.51. The summed E-state index contributed by atoms with van der Waals surface area (Å²) in [4.78, 5) is 35.7. The molecule has 1 rings (SSSR count). The highest BCUT2D eigenvalue weighted by molar-refractivity contribution is 6.03. The van der Waals surface area contributed by atoms with Gasteiger partial charge in [0, 0.05) is 11.6 Å². The first-order valence-electron chi connectivity index (χ1n) is 7.77. The van der Waals surface area contributed by atoms with Crippen LogP contribution >= 0.6 is 0 Å². The lowest BCUT2D eigenvalue weighted by atomic mass is 10.1. The van der Waals surface area contributed by atoms with Crippen molar-refractivity contribution in [1.29, 1.82) is 0 Å². The standard InChI is InChI=1S/C18H22O7/c1-5-23-15(19)12-11-13-9-7-8-10-14(13)25-18(3,16(20)22-4)17(21)24-6-2/h7-12H,5-6H2,1-4H3/b12-11+. The average molecular weight is 350 g/mol. The smallest absolute Gasteiger partial charge is 0.362 e. The van der Waals surface area contributed by atoms with Crippen LogP contribution in [0.1, 0.15) is 26.3 Å². The van der Waals surface area contributed by atoms with E-state index in [0.29, 0.717) is 5.56 Å². The number of rotatable bonds is 8. The van der Waals surface area contributed by atoms with Gasteiger partial charge in [0.05, 0.1) is 20.3 Å². The summed E-state index contributed by atoms with van der Waals surface area (Å²) in [6, 6.07) is 6.61. The first-order valence-corrected chi connectivity index (χ1v) is 7.77. The van der Waals surface area contributed by atoms with Crippen LogP contribution in [0.4, 0.5) is 0 Å². The summed E-state index contributed by atoms with van der Waals surface area (Å²) in [7, 11) is 1.15. The normalized spacial score (nSPS) is 13.0. The third-order valence-electron chi connectivity index (χ3n) is 3.16. The summed E-state index contributed by atoms with van der Waals surface area (Å²) >= 11 is 0. The number of esters is 3. The van der Waals surface area contributed by atoms with Gasteiger partial charge in [-0.25, -0.2) is 14.4 Å².